The fourth-order valence-electron chi connectivity index (χ4n) is 2.52. The zero-order chi connectivity index (χ0) is 18.7. The average molecular weight is 355 g/mol. The van der Waals surface area contributed by atoms with Gasteiger partial charge in [0.25, 0.3) is 5.56 Å². The van der Waals surface area contributed by atoms with Crippen LogP contribution >= 0.6 is 0 Å². The third-order valence-electron chi connectivity index (χ3n) is 3.94. The summed E-state index contributed by atoms with van der Waals surface area (Å²) in [5, 5.41) is 8.12. The molecule has 134 valence electrons. The Bertz CT molecular complexity index is 1000. The van der Waals surface area contributed by atoms with Crippen LogP contribution in [0.15, 0.2) is 41.2 Å². The molecule has 0 spiro atoms. The summed E-state index contributed by atoms with van der Waals surface area (Å²) in [5.74, 6) is 0.362. The molecule has 3 aromatic rings. The van der Waals surface area contributed by atoms with E-state index in [9.17, 15) is 9.59 Å². The van der Waals surface area contributed by atoms with Crippen LogP contribution < -0.4 is 15.0 Å². The largest absolute Gasteiger partial charge is 0.496 e. The summed E-state index contributed by atoms with van der Waals surface area (Å²) in [5.41, 5.74) is 1.10. The van der Waals surface area contributed by atoms with Gasteiger partial charge in [-0.05, 0) is 31.2 Å². The average Bonchev–Trinajstić information content (AvgIpc) is 2.67. The Morgan fingerprint density at radius 2 is 1.77 bits per heavy atom. The molecule has 0 unspecified atom stereocenters. The predicted molar refractivity (Wildman–Crippen MR) is 93.5 cm³/mol. The molecule has 0 saturated carbocycles. The second-order valence-electron chi connectivity index (χ2n) is 5.48. The molecule has 0 radical (unpaired) electrons. The summed E-state index contributed by atoms with van der Waals surface area (Å²) in [7, 11) is 3.00. The second kappa shape index (κ2) is 7.22. The molecule has 3 rings (SSSR count). The lowest BCUT2D eigenvalue weighted by Gasteiger charge is -2.12. The molecule has 8 nitrogen and oxygen atoms in total. The van der Waals surface area contributed by atoms with Gasteiger partial charge >= 0.3 is 5.97 Å². The number of ether oxygens (including phenoxy) is 3. The first-order valence-electron chi connectivity index (χ1n) is 7.77. The molecule has 0 fully saturated rings. The van der Waals surface area contributed by atoms with E-state index in [4.69, 9.17) is 14.2 Å². The summed E-state index contributed by atoms with van der Waals surface area (Å²) in [4.78, 5) is 24.7. The molecule has 2 aromatic carbocycles. The maximum absolute atomic E-state index is 12.4. The number of nitrogens with zero attached hydrogens (tertiary/aromatic N) is 3. The van der Waals surface area contributed by atoms with Crippen molar-refractivity contribution in [1.82, 2.24) is 15.0 Å². The molecule has 0 N–H and O–H groups in total. The van der Waals surface area contributed by atoms with Crippen LogP contribution in [0.4, 0.5) is 0 Å². The van der Waals surface area contributed by atoms with Crippen LogP contribution in [0.25, 0.3) is 10.9 Å². The van der Waals surface area contributed by atoms with Crippen molar-refractivity contribution in [2.75, 3.05) is 14.2 Å². The lowest BCUT2D eigenvalue weighted by molar-refractivity contribution is 0.0335. The van der Waals surface area contributed by atoms with Crippen LogP contribution in [0.5, 0.6) is 11.5 Å². The minimum atomic E-state index is -0.636. The lowest BCUT2D eigenvalue weighted by atomic mass is 10.1. The fourth-order valence-corrected chi connectivity index (χ4v) is 2.52. The minimum Gasteiger partial charge on any atom is -0.496 e. The molecule has 1 heterocycles. The van der Waals surface area contributed by atoms with Gasteiger partial charge in [0.05, 0.1) is 25.2 Å². The van der Waals surface area contributed by atoms with Crippen molar-refractivity contribution in [3.8, 4) is 11.5 Å². The van der Waals surface area contributed by atoms with Crippen molar-refractivity contribution >= 4 is 16.9 Å². The van der Waals surface area contributed by atoms with Gasteiger partial charge in [0.2, 0.25) is 0 Å². The number of aromatic nitrogens is 3. The quantitative estimate of drug-likeness (QED) is 0.646. The second-order valence-corrected chi connectivity index (χ2v) is 5.48. The normalized spacial score (nSPS) is 10.6. The minimum absolute atomic E-state index is 0.242. The van der Waals surface area contributed by atoms with E-state index in [-0.39, 0.29) is 17.9 Å². The number of esters is 1. The van der Waals surface area contributed by atoms with Crippen molar-refractivity contribution in [3.05, 3.63) is 57.9 Å². The van der Waals surface area contributed by atoms with Crippen molar-refractivity contribution in [2.24, 2.45) is 0 Å². The van der Waals surface area contributed by atoms with Crippen molar-refractivity contribution in [1.29, 1.82) is 0 Å². The number of benzene rings is 2. The first-order chi connectivity index (χ1) is 12.5. The van der Waals surface area contributed by atoms with E-state index in [1.807, 2.05) is 6.92 Å². The molecule has 1 aromatic heterocycles. The highest BCUT2D eigenvalue weighted by Gasteiger charge is 2.15. The maximum Gasteiger partial charge on any atom is 0.340 e. The number of carbonyl (C=O) groups excluding carboxylic acids is 1. The van der Waals surface area contributed by atoms with Crippen molar-refractivity contribution in [3.63, 3.8) is 0 Å². The van der Waals surface area contributed by atoms with E-state index in [0.717, 1.165) is 10.2 Å². The van der Waals surface area contributed by atoms with Crippen LogP contribution in [0.3, 0.4) is 0 Å². The Hall–Kier alpha value is -3.42. The molecule has 0 atom stereocenters. The van der Waals surface area contributed by atoms with Gasteiger partial charge in [0, 0.05) is 5.56 Å². The van der Waals surface area contributed by atoms with Crippen molar-refractivity contribution < 1.29 is 19.0 Å². The highest BCUT2D eigenvalue weighted by atomic mass is 16.5. The Morgan fingerprint density at radius 3 is 2.42 bits per heavy atom. The SMILES string of the molecule is COc1cc(C(=O)OCn2nnc3ccccc3c2=O)cc(OC)c1C. The number of hydrogen-bond acceptors (Lipinski definition) is 7. The fraction of sp³-hybridized carbons (Fsp3) is 0.222. The van der Waals surface area contributed by atoms with Gasteiger partial charge in [-0.2, -0.15) is 4.68 Å². The Labute approximate surface area is 148 Å². The van der Waals surface area contributed by atoms with Gasteiger partial charge in [-0.1, -0.05) is 17.3 Å². The van der Waals surface area contributed by atoms with Gasteiger partial charge in [-0.3, -0.25) is 4.79 Å². The summed E-state index contributed by atoms with van der Waals surface area (Å²) in [6.07, 6.45) is 0. The third-order valence-corrected chi connectivity index (χ3v) is 3.94. The van der Waals surface area contributed by atoms with E-state index < -0.39 is 5.97 Å². The van der Waals surface area contributed by atoms with Crippen LogP contribution in [0.2, 0.25) is 0 Å². The molecular formula is C18H17N3O5. The molecule has 26 heavy (non-hydrogen) atoms. The molecule has 0 bridgehead atoms. The number of fused-ring (bicyclic) bond motifs is 1. The third kappa shape index (κ3) is 3.21. The molecule has 0 amide bonds. The highest BCUT2D eigenvalue weighted by molar-refractivity contribution is 5.90. The van der Waals surface area contributed by atoms with E-state index in [1.54, 1.807) is 36.4 Å². The summed E-state index contributed by atoms with van der Waals surface area (Å²) in [6.45, 7) is 1.46. The van der Waals surface area contributed by atoms with Crippen LogP contribution in [0, 0.1) is 6.92 Å². The zero-order valence-electron chi connectivity index (χ0n) is 14.6. The van der Waals surface area contributed by atoms with Gasteiger partial charge in [0.15, 0.2) is 6.73 Å². The predicted octanol–water partition coefficient (Wildman–Crippen LogP) is 1.93. The van der Waals surface area contributed by atoms with Gasteiger partial charge in [-0.15, -0.1) is 5.10 Å². The molecule has 0 aliphatic heterocycles. The molecular weight excluding hydrogens is 338 g/mol. The molecule has 8 heteroatoms. The first kappa shape index (κ1) is 17.4. The zero-order valence-corrected chi connectivity index (χ0v) is 14.6. The highest BCUT2D eigenvalue weighted by Crippen LogP contribution is 2.29. The van der Waals surface area contributed by atoms with E-state index in [2.05, 4.69) is 10.3 Å². The van der Waals surface area contributed by atoms with Crippen LogP contribution in [-0.2, 0) is 11.5 Å². The Kier molecular flexibility index (Phi) is 4.83. The first-order valence-corrected chi connectivity index (χ1v) is 7.77. The van der Waals surface area contributed by atoms with Crippen molar-refractivity contribution in [2.45, 2.75) is 13.7 Å². The number of hydrogen-bond donors (Lipinski definition) is 0. The summed E-state index contributed by atoms with van der Waals surface area (Å²) >= 11 is 0. The summed E-state index contributed by atoms with van der Waals surface area (Å²) < 4.78 is 16.7. The number of carbonyl (C=O) groups is 1. The standard InChI is InChI=1S/C18H17N3O5/c1-11-15(24-2)8-12(9-16(11)25-3)18(23)26-10-21-17(22)13-6-4-5-7-14(13)19-20-21/h4-9H,10H2,1-3H3. The Balaban J connectivity index is 1.83. The molecule has 0 saturated heterocycles. The smallest absolute Gasteiger partial charge is 0.340 e. The molecule has 0 aliphatic carbocycles. The number of rotatable bonds is 5. The van der Waals surface area contributed by atoms with Gasteiger partial charge < -0.3 is 14.2 Å². The van der Waals surface area contributed by atoms with Crippen LogP contribution in [0.1, 0.15) is 15.9 Å². The van der Waals surface area contributed by atoms with Crippen LogP contribution in [-0.4, -0.2) is 35.2 Å². The van der Waals surface area contributed by atoms with E-state index in [0.29, 0.717) is 22.4 Å². The number of methoxy groups -OCH3 is 2. The molecule has 0 aliphatic rings. The van der Waals surface area contributed by atoms with E-state index >= 15 is 0 Å². The Morgan fingerprint density at radius 1 is 1.12 bits per heavy atom. The van der Waals surface area contributed by atoms with E-state index in [1.165, 1.54) is 14.2 Å². The lowest BCUT2D eigenvalue weighted by Crippen LogP contribution is -2.26. The summed E-state index contributed by atoms with van der Waals surface area (Å²) in [6, 6.07) is 9.92. The van der Waals surface area contributed by atoms with Gasteiger partial charge in [0.1, 0.15) is 17.0 Å². The van der Waals surface area contributed by atoms with Gasteiger partial charge in [-0.25, -0.2) is 4.79 Å². The topological polar surface area (TPSA) is 92.5 Å². The monoisotopic (exact) mass is 355 g/mol. The maximum atomic E-state index is 12.4.